The van der Waals surface area contributed by atoms with Crippen LogP contribution in [0.25, 0.3) is 0 Å². The number of nitrogens with zero attached hydrogens (tertiary/aromatic N) is 2. The molecule has 1 saturated carbocycles. The van der Waals surface area contributed by atoms with Crippen LogP contribution in [0.3, 0.4) is 0 Å². The van der Waals surface area contributed by atoms with E-state index in [1.165, 1.54) is 12.8 Å². The van der Waals surface area contributed by atoms with Gasteiger partial charge in [0.15, 0.2) is 0 Å². The maximum atomic E-state index is 13.0. The van der Waals surface area contributed by atoms with E-state index < -0.39 is 0 Å². The molecule has 4 nitrogen and oxygen atoms in total. The second-order valence-corrected chi connectivity index (χ2v) is 7.08. The Balaban J connectivity index is 1.66. The van der Waals surface area contributed by atoms with Crippen molar-refractivity contribution >= 4 is 5.91 Å². The smallest absolute Gasteiger partial charge is 0.254 e. The minimum absolute atomic E-state index is 0.0219. The molecule has 140 valence electrons. The van der Waals surface area contributed by atoms with Gasteiger partial charge in [0, 0.05) is 18.7 Å². The Morgan fingerprint density at radius 3 is 2.37 bits per heavy atom. The summed E-state index contributed by atoms with van der Waals surface area (Å²) in [5.74, 6) is 0.862. The molecule has 0 unspecified atom stereocenters. The lowest BCUT2D eigenvalue weighted by atomic mass is 10.1. The second-order valence-electron chi connectivity index (χ2n) is 7.08. The number of benzene rings is 2. The van der Waals surface area contributed by atoms with Crippen molar-refractivity contribution in [2.45, 2.75) is 51.7 Å². The summed E-state index contributed by atoms with van der Waals surface area (Å²) in [4.78, 5) is 14.8. The maximum absolute atomic E-state index is 13.0. The highest BCUT2D eigenvalue weighted by Gasteiger charge is 2.18. The highest BCUT2D eigenvalue weighted by atomic mass is 16.5. The quantitative estimate of drug-likeness (QED) is 0.701. The van der Waals surface area contributed by atoms with Crippen LogP contribution in [0.4, 0.5) is 0 Å². The van der Waals surface area contributed by atoms with Crippen LogP contribution in [-0.2, 0) is 6.54 Å². The van der Waals surface area contributed by atoms with Crippen LogP contribution >= 0.6 is 0 Å². The Hall–Kier alpha value is -2.80. The highest BCUT2D eigenvalue weighted by Crippen LogP contribution is 2.24. The molecule has 1 aliphatic rings. The molecular formula is C23H26N2O2. The van der Waals surface area contributed by atoms with E-state index in [2.05, 4.69) is 13.0 Å². The summed E-state index contributed by atoms with van der Waals surface area (Å²) in [6.07, 6.45) is 5.93. The minimum Gasteiger partial charge on any atom is -0.490 e. The van der Waals surface area contributed by atoms with Crippen molar-refractivity contribution < 1.29 is 9.53 Å². The van der Waals surface area contributed by atoms with Crippen LogP contribution in [0.5, 0.6) is 5.75 Å². The van der Waals surface area contributed by atoms with Crippen LogP contribution in [0.1, 0.15) is 60.5 Å². The van der Waals surface area contributed by atoms with Gasteiger partial charge in [-0.05, 0) is 74.1 Å². The van der Waals surface area contributed by atoms with Crippen molar-refractivity contribution in [2.75, 3.05) is 6.54 Å². The third-order valence-corrected chi connectivity index (χ3v) is 4.94. The molecule has 4 heteroatoms. The number of carbonyl (C=O) groups excluding carboxylic acids is 1. The molecule has 2 aromatic carbocycles. The zero-order valence-corrected chi connectivity index (χ0v) is 15.9. The van der Waals surface area contributed by atoms with E-state index in [1.54, 1.807) is 12.1 Å². The zero-order valence-electron chi connectivity index (χ0n) is 15.9. The van der Waals surface area contributed by atoms with E-state index in [-0.39, 0.29) is 5.91 Å². The topological polar surface area (TPSA) is 53.3 Å². The van der Waals surface area contributed by atoms with Gasteiger partial charge in [-0.2, -0.15) is 5.26 Å². The first-order valence-electron chi connectivity index (χ1n) is 9.74. The van der Waals surface area contributed by atoms with E-state index in [9.17, 15) is 4.79 Å². The van der Waals surface area contributed by atoms with E-state index in [4.69, 9.17) is 10.00 Å². The number of hydrogen-bond donors (Lipinski definition) is 0. The predicted octanol–water partition coefficient (Wildman–Crippen LogP) is 4.93. The average molecular weight is 362 g/mol. The lowest BCUT2D eigenvalue weighted by Crippen LogP contribution is -2.31. The van der Waals surface area contributed by atoms with Crippen molar-refractivity contribution in [1.82, 2.24) is 4.90 Å². The fourth-order valence-corrected chi connectivity index (χ4v) is 3.48. The lowest BCUT2D eigenvalue weighted by Gasteiger charge is -2.22. The van der Waals surface area contributed by atoms with Crippen molar-refractivity contribution in [3.05, 3.63) is 65.2 Å². The Labute approximate surface area is 161 Å². The Morgan fingerprint density at radius 2 is 1.78 bits per heavy atom. The van der Waals surface area contributed by atoms with Gasteiger partial charge in [0.2, 0.25) is 0 Å². The van der Waals surface area contributed by atoms with Gasteiger partial charge in [-0.1, -0.05) is 19.1 Å². The predicted molar refractivity (Wildman–Crippen MR) is 106 cm³/mol. The Morgan fingerprint density at radius 1 is 1.11 bits per heavy atom. The van der Waals surface area contributed by atoms with Gasteiger partial charge < -0.3 is 9.64 Å². The fourth-order valence-electron chi connectivity index (χ4n) is 3.48. The van der Waals surface area contributed by atoms with E-state index >= 15 is 0 Å². The lowest BCUT2D eigenvalue weighted by molar-refractivity contribution is 0.0743. The normalized spacial score (nSPS) is 13.9. The summed E-state index contributed by atoms with van der Waals surface area (Å²) in [6.45, 7) is 3.30. The summed E-state index contributed by atoms with van der Waals surface area (Å²) >= 11 is 0. The molecule has 1 fully saturated rings. The molecule has 2 aromatic rings. The molecule has 0 spiro atoms. The molecule has 0 aromatic heterocycles. The number of amides is 1. The van der Waals surface area contributed by atoms with Gasteiger partial charge in [0.1, 0.15) is 5.75 Å². The first kappa shape index (κ1) is 19.0. The Bertz CT molecular complexity index is 785. The molecule has 0 saturated heterocycles. The highest BCUT2D eigenvalue weighted by molar-refractivity contribution is 5.94. The number of rotatable bonds is 7. The molecule has 0 bridgehead atoms. The van der Waals surface area contributed by atoms with Gasteiger partial charge in [-0.15, -0.1) is 0 Å². The first-order chi connectivity index (χ1) is 13.2. The van der Waals surface area contributed by atoms with Crippen molar-refractivity contribution in [1.29, 1.82) is 5.26 Å². The largest absolute Gasteiger partial charge is 0.490 e. The number of carbonyl (C=O) groups is 1. The molecule has 27 heavy (non-hydrogen) atoms. The zero-order chi connectivity index (χ0) is 19.1. The fraction of sp³-hybridized carbons (Fsp3) is 0.391. The standard InChI is InChI=1S/C23H26N2O2/c1-2-15-25(17-19-9-7-18(16-24)8-10-19)23(26)20-11-13-22(14-12-20)27-21-5-3-4-6-21/h7-14,21H,2-6,15,17H2,1H3. The SMILES string of the molecule is CCCN(Cc1ccc(C#N)cc1)C(=O)c1ccc(OC2CCCC2)cc1. The second kappa shape index (κ2) is 9.23. The van der Waals surface area contributed by atoms with Gasteiger partial charge in [0.25, 0.3) is 5.91 Å². The van der Waals surface area contributed by atoms with E-state index in [1.807, 2.05) is 41.3 Å². The summed E-state index contributed by atoms with van der Waals surface area (Å²) in [5, 5.41) is 8.92. The summed E-state index contributed by atoms with van der Waals surface area (Å²) in [7, 11) is 0. The van der Waals surface area contributed by atoms with Crippen LogP contribution in [0.2, 0.25) is 0 Å². The molecule has 0 heterocycles. The van der Waals surface area contributed by atoms with Crippen LogP contribution in [-0.4, -0.2) is 23.5 Å². The van der Waals surface area contributed by atoms with Gasteiger partial charge in [0.05, 0.1) is 17.7 Å². The van der Waals surface area contributed by atoms with E-state index in [0.29, 0.717) is 30.3 Å². The number of nitriles is 1. The maximum Gasteiger partial charge on any atom is 0.254 e. The van der Waals surface area contributed by atoms with E-state index in [0.717, 1.165) is 30.6 Å². The number of hydrogen-bond acceptors (Lipinski definition) is 3. The van der Waals surface area contributed by atoms with Gasteiger partial charge in [-0.3, -0.25) is 4.79 Å². The van der Waals surface area contributed by atoms with Crippen molar-refractivity contribution in [2.24, 2.45) is 0 Å². The van der Waals surface area contributed by atoms with Crippen LogP contribution in [0.15, 0.2) is 48.5 Å². The molecule has 0 radical (unpaired) electrons. The Kier molecular flexibility index (Phi) is 6.49. The molecule has 1 amide bonds. The monoisotopic (exact) mass is 362 g/mol. The summed E-state index contributed by atoms with van der Waals surface area (Å²) in [6, 6.07) is 17.0. The number of ether oxygens (including phenoxy) is 1. The molecular weight excluding hydrogens is 336 g/mol. The van der Waals surface area contributed by atoms with Crippen LogP contribution in [0, 0.1) is 11.3 Å². The molecule has 0 atom stereocenters. The van der Waals surface area contributed by atoms with Crippen molar-refractivity contribution in [3.8, 4) is 11.8 Å². The van der Waals surface area contributed by atoms with Crippen LogP contribution < -0.4 is 4.74 Å². The summed E-state index contributed by atoms with van der Waals surface area (Å²) < 4.78 is 5.98. The first-order valence-corrected chi connectivity index (χ1v) is 9.74. The third kappa shape index (κ3) is 5.10. The summed E-state index contributed by atoms with van der Waals surface area (Å²) in [5.41, 5.74) is 2.33. The molecule has 1 aliphatic carbocycles. The molecule has 3 rings (SSSR count). The minimum atomic E-state index is 0.0219. The average Bonchev–Trinajstić information content (AvgIpc) is 3.21. The molecule has 0 N–H and O–H groups in total. The van der Waals surface area contributed by atoms with Gasteiger partial charge >= 0.3 is 0 Å². The van der Waals surface area contributed by atoms with Crippen molar-refractivity contribution in [3.63, 3.8) is 0 Å². The molecule has 0 aliphatic heterocycles. The van der Waals surface area contributed by atoms with Gasteiger partial charge in [-0.25, -0.2) is 0 Å². The third-order valence-electron chi connectivity index (χ3n) is 4.94.